The van der Waals surface area contributed by atoms with E-state index in [9.17, 15) is 4.79 Å². The molecule has 132 valence electrons. The van der Waals surface area contributed by atoms with Gasteiger partial charge in [0.1, 0.15) is 5.82 Å². The van der Waals surface area contributed by atoms with Crippen LogP contribution < -0.4 is 10.2 Å². The van der Waals surface area contributed by atoms with Gasteiger partial charge in [-0.1, -0.05) is 18.9 Å². The number of pyridine rings is 1. The van der Waals surface area contributed by atoms with E-state index in [1.165, 1.54) is 6.42 Å². The summed E-state index contributed by atoms with van der Waals surface area (Å²) >= 11 is 0. The number of carbonyl (C=O) groups excluding carboxylic acids is 1. The van der Waals surface area contributed by atoms with Crippen molar-refractivity contribution in [3.05, 3.63) is 24.4 Å². The van der Waals surface area contributed by atoms with E-state index in [0.29, 0.717) is 0 Å². The number of ether oxygens (including phenoxy) is 1. The van der Waals surface area contributed by atoms with Gasteiger partial charge < -0.3 is 19.9 Å². The van der Waals surface area contributed by atoms with Gasteiger partial charge in [0, 0.05) is 39.5 Å². The second kappa shape index (κ2) is 8.33. The predicted molar refractivity (Wildman–Crippen MR) is 94.2 cm³/mol. The number of amides is 2. The molecule has 2 amide bonds. The highest BCUT2D eigenvalue weighted by atomic mass is 16.5. The summed E-state index contributed by atoms with van der Waals surface area (Å²) in [7, 11) is 1.74. The number of urea groups is 1. The zero-order valence-corrected chi connectivity index (χ0v) is 14.5. The van der Waals surface area contributed by atoms with E-state index in [1.807, 2.05) is 29.3 Å². The molecule has 6 heteroatoms. The third-order valence-electron chi connectivity index (χ3n) is 5.07. The number of hydrogen-bond acceptors (Lipinski definition) is 4. The van der Waals surface area contributed by atoms with E-state index in [0.717, 1.165) is 57.7 Å². The van der Waals surface area contributed by atoms with E-state index in [4.69, 9.17) is 4.74 Å². The largest absolute Gasteiger partial charge is 0.379 e. The zero-order chi connectivity index (χ0) is 16.8. The van der Waals surface area contributed by atoms with Crippen LogP contribution in [0.4, 0.5) is 10.6 Å². The van der Waals surface area contributed by atoms with Crippen molar-refractivity contribution >= 4 is 11.8 Å². The first-order chi connectivity index (χ1) is 11.8. The minimum absolute atomic E-state index is 0.0480. The predicted octanol–water partition coefficient (Wildman–Crippen LogP) is 2.26. The summed E-state index contributed by atoms with van der Waals surface area (Å²) in [5, 5.41) is 3.20. The Hall–Kier alpha value is -1.82. The normalized spacial score (nSPS) is 25.2. The molecule has 1 saturated heterocycles. The van der Waals surface area contributed by atoms with Crippen molar-refractivity contribution < 1.29 is 9.53 Å². The second-order valence-electron chi connectivity index (χ2n) is 6.63. The molecule has 1 aliphatic heterocycles. The summed E-state index contributed by atoms with van der Waals surface area (Å²) in [4.78, 5) is 21.3. The molecule has 0 unspecified atom stereocenters. The minimum atomic E-state index is 0.0480. The Morgan fingerprint density at radius 2 is 2.04 bits per heavy atom. The summed E-state index contributed by atoms with van der Waals surface area (Å²) in [5.74, 6) is 0.992. The second-order valence-corrected chi connectivity index (χ2v) is 6.63. The third kappa shape index (κ3) is 4.17. The fourth-order valence-electron chi connectivity index (χ4n) is 3.68. The molecule has 6 nitrogen and oxygen atoms in total. The van der Waals surface area contributed by atoms with E-state index in [2.05, 4.69) is 15.2 Å². The summed E-state index contributed by atoms with van der Waals surface area (Å²) in [6.45, 7) is 3.28. The van der Waals surface area contributed by atoms with Crippen molar-refractivity contribution in [2.75, 3.05) is 38.2 Å². The Morgan fingerprint density at radius 3 is 2.83 bits per heavy atom. The fraction of sp³-hybridized carbons (Fsp3) is 0.667. The van der Waals surface area contributed by atoms with Crippen molar-refractivity contribution in [1.82, 2.24) is 15.2 Å². The molecule has 0 spiro atoms. The number of aromatic nitrogens is 1. The first kappa shape index (κ1) is 17.0. The maximum atomic E-state index is 12.6. The van der Waals surface area contributed by atoms with E-state index in [-0.39, 0.29) is 18.2 Å². The maximum absolute atomic E-state index is 12.6. The monoisotopic (exact) mass is 332 g/mol. The Kier molecular flexibility index (Phi) is 5.91. The molecular weight excluding hydrogens is 304 g/mol. The Labute approximate surface area is 144 Å². The van der Waals surface area contributed by atoms with Crippen molar-refractivity contribution in [2.24, 2.45) is 0 Å². The number of nitrogens with one attached hydrogen (secondary N) is 1. The van der Waals surface area contributed by atoms with Gasteiger partial charge in [-0.2, -0.15) is 0 Å². The van der Waals surface area contributed by atoms with Crippen LogP contribution in [0.2, 0.25) is 0 Å². The van der Waals surface area contributed by atoms with Crippen LogP contribution in [0.1, 0.15) is 32.1 Å². The van der Waals surface area contributed by atoms with Crippen molar-refractivity contribution in [2.45, 2.75) is 44.2 Å². The molecular formula is C18H28N4O2. The van der Waals surface area contributed by atoms with Crippen LogP contribution in [-0.4, -0.2) is 61.3 Å². The lowest BCUT2D eigenvalue weighted by Crippen LogP contribution is -2.51. The molecule has 2 atom stereocenters. The van der Waals surface area contributed by atoms with Crippen LogP contribution in [0.3, 0.4) is 0 Å². The van der Waals surface area contributed by atoms with Crippen LogP contribution in [0.5, 0.6) is 0 Å². The summed E-state index contributed by atoms with van der Waals surface area (Å²) in [6.07, 6.45) is 7.33. The Balaban J connectivity index is 1.54. The van der Waals surface area contributed by atoms with E-state index in [1.54, 1.807) is 7.11 Å². The first-order valence-corrected chi connectivity index (χ1v) is 9.02. The fourth-order valence-corrected chi connectivity index (χ4v) is 3.68. The topological polar surface area (TPSA) is 57.7 Å². The summed E-state index contributed by atoms with van der Waals surface area (Å²) in [6, 6.07) is 6.16. The van der Waals surface area contributed by atoms with Gasteiger partial charge in [0.25, 0.3) is 0 Å². The molecule has 2 heterocycles. The molecule has 2 aliphatic rings. The number of hydrogen-bond donors (Lipinski definition) is 1. The van der Waals surface area contributed by atoms with Crippen molar-refractivity contribution in [3.63, 3.8) is 0 Å². The van der Waals surface area contributed by atoms with Gasteiger partial charge in [0.2, 0.25) is 0 Å². The van der Waals surface area contributed by atoms with Gasteiger partial charge in [-0.3, -0.25) is 0 Å². The van der Waals surface area contributed by atoms with E-state index >= 15 is 0 Å². The molecule has 1 aromatic rings. The number of carbonyl (C=O) groups is 1. The molecule has 1 aromatic heterocycles. The van der Waals surface area contributed by atoms with Gasteiger partial charge >= 0.3 is 6.03 Å². The molecule has 24 heavy (non-hydrogen) atoms. The number of rotatable bonds is 3. The SMILES string of the molecule is CO[C@H]1CCCC[C@H]1NC(=O)N1CCCN(c2ccccn2)CC1. The molecule has 1 saturated carbocycles. The minimum Gasteiger partial charge on any atom is -0.379 e. The molecule has 3 rings (SSSR count). The summed E-state index contributed by atoms with van der Waals surface area (Å²) in [5.41, 5.74) is 0. The lowest BCUT2D eigenvalue weighted by Gasteiger charge is -2.33. The standard InChI is InChI=1S/C18H28N4O2/c1-24-16-8-3-2-7-15(16)20-18(23)22-12-6-11-21(13-14-22)17-9-4-5-10-19-17/h4-5,9-10,15-16H,2-3,6-8,11-14H2,1H3,(H,20,23)/t15-,16+/m1/s1. The van der Waals surface area contributed by atoms with Gasteiger partial charge in [-0.15, -0.1) is 0 Å². The Bertz CT molecular complexity index is 525. The molecule has 1 aliphatic carbocycles. The third-order valence-corrected chi connectivity index (χ3v) is 5.07. The summed E-state index contributed by atoms with van der Waals surface area (Å²) < 4.78 is 5.54. The average molecular weight is 332 g/mol. The van der Waals surface area contributed by atoms with Crippen LogP contribution >= 0.6 is 0 Å². The number of nitrogens with zero attached hydrogens (tertiary/aromatic N) is 3. The quantitative estimate of drug-likeness (QED) is 0.922. The highest BCUT2D eigenvalue weighted by molar-refractivity contribution is 5.74. The maximum Gasteiger partial charge on any atom is 0.317 e. The first-order valence-electron chi connectivity index (χ1n) is 9.02. The zero-order valence-electron chi connectivity index (χ0n) is 14.5. The van der Waals surface area contributed by atoms with Crippen LogP contribution in [0.25, 0.3) is 0 Å². The van der Waals surface area contributed by atoms with Gasteiger partial charge in [0.15, 0.2) is 0 Å². The molecule has 1 N–H and O–H groups in total. The smallest absolute Gasteiger partial charge is 0.317 e. The highest BCUT2D eigenvalue weighted by Crippen LogP contribution is 2.21. The van der Waals surface area contributed by atoms with Crippen molar-refractivity contribution in [3.8, 4) is 0 Å². The van der Waals surface area contributed by atoms with Crippen molar-refractivity contribution in [1.29, 1.82) is 0 Å². The van der Waals surface area contributed by atoms with Crippen LogP contribution in [0.15, 0.2) is 24.4 Å². The molecule has 0 bridgehead atoms. The molecule has 0 aromatic carbocycles. The Morgan fingerprint density at radius 1 is 1.17 bits per heavy atom. The van der Waals surface area contributed by atoms with Gasteiger partial charge in [0.05, 0.1) is 12.1 Å². The lowest BCUT2D eigenvalue weighted by atomic mass is 9.92. The van der Waals surface area contributed by atoms with Gasteiger partial charge in [-0.05, 0) is 31.4 Å². The average Bonchev–Trinajstić information content (AvgIpc) is 2.89. The highest BCUT2D eigenvalue weighted by Gasteiger charge is 2.28. The van der Waals surface area contributed by atoms with Crippen LogP contribution in [-0.2, 0) is 4.74 Å². The van der Waals surface area contributed by atoms with Gasteiger partial charge in [-0.25, -0.2) is 9.78 Å². The molecule has 2 fully saturated rings. The van der Waals surface area contributed by atoms with E-state index < -0.39 is 0 Å². The lowest BCUT2D eigenvalue weighted by molar-refractivity contribution is 0.0432. The van der Waals surface area contributed by atoms with Crippen LogP contribution in [0, 0.1) is 0 Å². The number of anilines is 1. The number of methoxy groups -OCH3 is 1. The molecule has 0 radical (unpaired) electrons.